The van der Waals surface area contributed by atoms with Crippen molar-refractivity contribution in [3.05, 3.63) is 66.0 Å². The summed E-state index contributed by atoms with van der Waals surface area (Å²) >= 11 is 1.60. The molecule has 2 aromatic rings. The van der Waals surface area contributed by atoms with Gasteiger partial charge in [0.15, 0.2) is 0 Å². The van der Waals surface area contributed by atoms with Crippen LogP contribution in [0.3, 0.4) is 0 Å². The number of nitrogens with one attached hydrogen (secondary N) is 1. The lowest BCUT2D eigenvalue weighted by molar-refractivity contribution is 0.103. The second kappa shape index (κ2) is 5.03. The Morgan fingerprint density at radius 3 is 2.73 bits per heavy atom. The van der Waals surface area contributed by atoms with Crippen LogP contribution in [-0.2, 0) is 0 Å². The van der Waals surface area contributed by atoms with E-state index in [9.17, 15) is 4.79 Å². The minimum atomic E-state index is -0.0310. The molecule has 1 aliphatic carbocycles. The molecule has 1 aromatic heterocycles. The second-order valence-corrected chi connectivity index (χ2v) is 5.80. The van der Waals surface area contributed by atoms with Gasteiger partial charge in [-0.25, -0.2) is 4.98 Å². The Morgan fingerprint density at radius 1 is 1.14 bits per heavy atom. The van der Waals surface area contributed by atoms with E-state index in [1.165, 1.54) is 0 Å². The Bertz CT molecular complexity index is 939. The molecule has 1 aromatic carbocycles. The zero-order valence-electron chi connectivity index (χ0n) is 11.9. The monoisotopic (exact) mass is 307 g/mol. The van der Waals surface area contributed by atoms with Gasteiger partial charge in [0.05, 0.1) is 5.69 Å². The molecule has 1 N–H and O–H groups in total. The lowest BCUT2D eigenvalue weighted by Gasteiger charge is -2.07. The molecule has 2 aliphatic rings. The molecule has 4 nitrogen and oxygen atoms in total. The highest BCUT2D eigenvalue weighted by Gasteiger charge is 2.18. The molecule has 0 fully saturated rings. The molecule has 0 saturated carbocycles. The van der Waals surface area contributed by atoms with E-state index in [4.69, 9.17) is 0 Å². The molecule has 5 heteroatoms. The average Bonchev–Trinajstić information content (AvgIpc) is 3.20. The summed E-state index contributed by atoms with van der Waals surface area (Å²) in [5, 5.41) is 0.959. The number of hydrogen-bond acceptors (Lipinski definition) is 3. The van der Waals surface area contributed by atoms with Crippen LogP contribution in [0.4, 0.5) is 0 Å². The number of carbonyl (C=O) groups is 1. The summed E-state index contributed by atoms with van der Waals surface area (Å²) in [5.74, 6) is 0.652. The number of nitrogens with zero attached hydrogens (tertiary/aromatic N) is 2. The van der Waals surface area contributed by atoms with Gasteiger partial charge in [0, 0.05) is 17.3 Å². The number of carbonyl (C=O) groups excluding carboxylic acids is 1. The van der Waals surface area contributed by atoms with Crippen LogP contribution in [0.25, 0.3) is 17.0 Å². The number of imidazole rings is 1. The Morgan fingerprint density at radius 2 is 1.95 bits per heavy atom. The highest BCUT2D eigenvalue weighted by atomic mass is 32.2. The summed E-state index contributed by atoms with van der Waals surface area (Å²) in [5.41, 5.74) is 3.36. The van der Waals surface area contributed by atoms with Gasteiger partial charge in [-0.15, -0.1) is 11.8 Å². The largest absolute Gasteiger partial charge is 0.321 e. The fourth-order valence-corrected chi connectivity index (χ4v) is 3.21. The number of aromatic nitrogens is 3. The van der Waals surface area contributed by atoms with E-state index in [2.05, 4.69) is 9.97 Å². The molecule has 108 valence electrons. The van der Waals surface area contributed by atoms with Gasteiger partial charge in [0.1, 0.15) is 10.7 Å². The quantitative estimate of drug-likeness (QED) is 0.356. The second-order valence-electron chi connectivity index (χ2n) is 5.00. The molecular weight excluding hydrogens is 294 g/mol. The van der Waals surface area contributed by atoms with Crippen molar-refractivity contribution in [1.29, 1.82) is 0 Å². The molecule has 1 aliphatic heterocycles. The van der Waals surface area contributed by atoms with Crippen LogP contribution < -0.4 is 0 Å². The Kier molecular flexibility index (Phi) is 3.01. The van der Waals surface area contributed by atoms with Gasteiger partial charge in [-0.1, -0.05) is 42.5 Å². The van der Waals surface area contributed by atoms with Gasteiger partial charge in [0.25, 0.3) is 0 Å². The van der Waals surface area contributed by atoms with Crippen molar-refractivity contribution in [3.63, 3.8) is 0 Å². The van der Waals surface area contributed by atoms with E-state index in [0.717, 1.165) is 16.3 Å². The van der Waals surface area contributed by atoms with Gasteiger partial charge in [-0.2, -0.15) is 0 Å². The molecule has 2 heterocycles. The fourth-order valence-electron chi connectivity index (χ4n) is 2.64. The van der Waals surface area contributed by atoms with Gasteiger partial charge in [-0.3, -0.25) is 9.20 Å². The molecule has 0 atom stereocenters. The van der Waals surface area contributed by atoms with Crippen LogP contribution in [0.1, 0.15) is 16.1 Å². The van der Waals surface area contributed by atoms with Gasteiger partial charge in [0.2, 0.25) is 11.6 Å². The van der Waals surface area contributed by atoms with Crippen LogP contribution in [0.5, 0.6) is 0 Å². The first kappa shape index (κ1) is 13.2. The van der Waals surface area contributed by atoms with E-state index in [-0.39, 0.29) is 5.78 Å². The zero-order chi connectivity index (χ0) is 15.1. The van der Waals surface area contributed by atoms with Gasteiger partial charge in [-0.05, 0) is 12.3 Å². The number of rotatable bonds is 3. The van der Waals surface area contributed by atoms with Crippen molar-refractivity contribution in [1.82, 2.24) is 14.4 Å². The van der Waals surface area contributed by atoms with Crippen molar-refractivity contribution >= 4 is 23.3 Å². The molecule has 0 radical (unpaired) electrons. The maximum absolute atomic E-state index is 12.6. The fraction of sp³-hybridized carbons (Fsp3) is 0.0588. The zero-order valence-corrected chi connectivity index (χ0v) is 12.7. The first-order chi connectivity index (χ1) is 10.8. The summed E-state index contributed by atoms with van der Waals surface area (Å²) in [6, 6.07) is 15.3. The Labute approximate surface area is 131 Å². The average molecular weight is 307 g/mol. The van der Waals surface area contributed by atoms with Gasteiger partial charge < -0.3 is 4.98 Å². The third kappa shape index (κ3) is 1.94. The van der Waals surface area contributed by atoms with Crippen molar-refractivity contribution in [3.8, 4) is 11.3 Å². The molecular formula is C17H13N3OS. The topological polar surface area (TPSA) is 50.2 Å². The molecule has 0 bridgehead atoms. The summed E-state index contributed by atoms with van der Waals surface area (Å²) in [4.78, 5) is 20.3. The minimum Gasteiger partial charge on any atom is -0.321 e. The first-order valence-electron chi connectivity index (χ1n) is 6.91. The van der Waals surface area contributed by atoms with Crippen molar-refractivity contribution < 1.29 is 4.79 Å². The predicted octanol–water partition coefficient (Wildman–Crippen LogP) is 3.72. The highest BCUT2D eigenvalue weighted by molar-refractivity contribution is 7.98. The third-order valence-electron chi connectivity index (χ3n) is 3.70. The number of aromatic amines is 1. The summed E-state index contributed by atoms with van der Waals surface area (Å²) in [7, 11) is 0. The van der Waals surface area contributed by atoms with E-state index in [1.54, 1.807) is 11.8 Å². The van der Waals surface area contributed by atoms with Gasteiger partial charge >= 0.3 is 0 Å². The van der Waals surface area contributed by atoms with Crippen LogP contribution in [-0.4, -0.2) is 26.4 Å². The maximum atomic E-state index is 12.6. The van der Waals surface area contributed by atoms with E-state index in [0.29, 0.717) is 17.0 Å². The number of hydrogen-bond donors (Lipinski definition) is 1. The number of benzene rings is 1. The normalized spacial score (nSPS) is 11.3. The standard InChI is InChI=1S/C17H13N3OS/c1-22-16-12-8-5-9-14(12)20-10-13(18-17(20)19-16)15(21)11-6-3-2-4-7-11/h2-10H,1H3,(H,18,19). The van der Waals surface area contributed by atoms with Crippen LogP contribution >= 0.6 is 11.8 Å². The molecule has 0 amide bonds. The highest BCUT2D eigenvalue weighted by Crippen LogP contribution is 2.32. The number of H-pyrrole nitrogens is 1. The first-order valence-corrected chi connectivity index (χ1v) is 8.14. The molecule has 0 unspecified atom stereocenters. The minimum absolute atomic E-state index is 0.0310. The molecule has 4 rings (SSSR count). The van der Waals surface area contributed by atoms with E-state index in [1.807, 2.05) is 65.4 Å². The van der Waals surface area contributed by atoms with Crippen molar-refractivity contribution in [2.75, 3.05) is 6.26 Å². The summed E-state index contributed by atoms with van der Waals surface area (Å²) in [6.07, 6.45) is 3.83. The number of thioether (sulfide) groups is 1. The lowest BCUT2D eigenvalue weighted by atomic mass is 10.1. The molecule has 0 saturated heterocycles. The van der Waals surface area contributed by atoms with Crippen LogP contribution in [0.15, 0.2) is 59.8 Å². The Balaban J connectivity index is 1.90. The summed E-state index contributed by atoms with van der Waals surface area (Å²) < 4.78 is 1.94. The Hall–Kier alpha value is -2.53. The van der Waals surface area contributed by atoms with Crippen LogP contribution in [0.2, 0.25) is 0 Å². The van der Waals surface area contributed by atoms with E-state index >= 15 is 0 Å². The SMILES string of the molecule is CSc1nc2[nH]c(C(=O)c3ccccc3)cn2c2cccc1-2. The maximum Gasteiger partial charge on any atom is 0.213 e. The van der Waals surface area contributed by atoms with Crippen LogP contribution in [0, 0.1) is 0 Å². The van der Waals surface area contributed by atoms with E-state index < -0.39 is 0 Å². The molecule has 22 heavy (non-hydrogen) atoms. The number of ketones is 1. The third-order valence-corrected chi connectivity index (χ3v) is 4.40. The lowest BCUT2D eigenvalue weighted by Crippen LogP contribution is -2.00. The predicted molar refractivity (Wildman–Crippen MR) is 87.8 cm³/mol. The van der Waals surface area contributed by atoms with Crippen molar-refractivity contribution in [2.24, 2.45) is 0 Å². The number of fused-ring (bicyclic) bond motifs is 3. The molecule has 0 spiro atoms. The summed E-state index contributed by atoms with van der Waals surface area (Å²) in [6.45, 7) is 0. The smallest absolute Gasteiger partial charge is 0.213 e. The van der Waals surface area contributed by atoms with Crippen molar-refractivity contribution in [2.45, 2.75) is 5.03 Å².